The molecule has 0 amide bonds. The molecule has 0 aromatic carbocycles. The zero-order valence-corrected chi connectivity index (χ0v) is 7.30. The van der Waals surface area contributed by atoms with Crippen LogP contribution in [0.1, 0.15) is 13.8 Å². The average molecular weight is 198 g/mol. The fourth-order valence-electron chi connectivity index (χ4n) is 0.274. The van der Waals surface area contributed by atoms with Crippen molar-refractivity contribution in [3.05, 3.63) is 0 Å². The summed E-state index contributed by atoms with van der Waals surface area (Å²) in [5.74, 6) is -0.340. The van der Waals surface area contributed by atoms with Gasteiger partial charge in [0.25, 0.3) is 0 Å². The monoisotopic (exact) mass is 197 g/mol. The predicted molar refractivity (Wildman–Crippen MR) is 40.6 cm³/mol. The van der Waals surface area contributed by atoms with Gasteiger partial charge in [0, 0.05) is 0 Å². The van der Waals surface area contributed by atoms with E-state index in [1.807, 2.05) is 0 Å². The molecule has 0 aromatic heterocycles. The van der Waals surface area contributed by atoms with Crippen LogP contribution in [0.2, 0.25) is 0 Å². The molecule has 1 unspecified atom stereocenters. The van der Waals surface area contributed by atoms with E-state index in [4.69, 9.17) is 5.73 Å². The van der Waals surface area contributed by atoms with E-state index in [0.717, 1.165) is 0 Å². The third kappa shape index (κ3) is 5.79. The minimum atomic E-state index is -0.491. The van der Waals surface area contributed by atoms with Gasteiger partial charge < -0.3 is 10.5 Å². The molecular weight excluding hydrogens is 186 g/mol. The van der Waals surface area contributed by atoms with E-state index in [1.165, 1.54) is 0 Å². The van der Waals surface area contributed by atoms with E-state index in [-0.39, 0.29) is 23.0 Å². The minimum absolute atomic E-state index is 0. The van der Waals surface area contributed by atoms with Crippen LogP contribution in [0.25, 0.3) is 0 Å². The Kier molecular flexibility index (Phi) is 7.83. The summed E-state index contributed by atoms with van der Waals surface area (Å²) >= 11 is 0. The Balaban J connectivity index is 0. The molecule has 0 spiro atoms. The van der Waals surface area contributed by atoms with E-state index >= 15 is 0 Å². The molecule has 3 nitrogen and oxygen atoms in total. The Labute approximate surface area is 65.3 Å². The molecule has 0 aromatic rings. The smallest absolute Gasteiger partial charge is 0.322 e. The van der Waals surface area contributed by atoms with Gasteiger partial charge in [0.2, 0.25) is 0 Å². The second-order valence-electron chi connectivity index (χ2n) is 1.54. The molecule has 0 saturated carbocycles. The second kappa shape index (κ2) is 6.04. The molecule has 9 heavy (non-hydrogen) atoms. The molecule has 0 aliphatic heterocycles. The van der Waals surface area contributed by atoms with Gasteiger partial charge in [-0.15, -0.1) is 17.0 Å². The molecule has 2 N–H and O–H groups in total. The lowest BCUT2D eigenvalue weighted by molar-refractivity contribution is -0.144. The van der Waals surface area contributed by atoms with E-state index in [1.54, 1.807) is 13.8 Å². The SMILES string of the molecule is Br.CCOC(=O)C(C)N. The maximum atomic E-state index is 10.4. The number of halogens is 1. The molecule has 0 rings (SSSR count). The predicted octanol–water partition coefficient (Wildman–Crippen LogP) is 0.475. The number of carbonyl (C=O) groups excluding carboxylic acids is 1. The highest BCUT2D eigenvalue weighted by molar-refractivity contribution is 8.93. The highest BCUT2D eigenvalue weighted by Gasteiger charge is 2.05. The fourth-order valence-corrected chi connectivity index (χ4v) is 0.274. The van der Waals surface area contributed by atoms with Crippen LogP contribution in [0.5, 0.6) is 0 Å². The molecule has 0 radical (unpaired) electrons. The van der Waals surface area contributed by atoms with Gasteiger partial charge >= 0.3 is 5.97 Å². The van der Waals surface area contributed by atoms with Crippen molar-refractivity contribution >= 4 is 23.0 Å². The van der Waals surface area contributed by atoms with E-state index in [2.05, 4.69) is 4.74 Å². The topological polar surface area (TPSA) is 52.3 Å². The van der Waals surface area contributed by atoms with Crippen LogP contribution in [0.15, 0.2) is 0 Å². The standard InChI is InChI=1S/C5H11NO2.BrH/c1-3-8-5(7)4(2)6;/h4H,3,6H2,1-2H3;1H. The maximum Gasteiger partial charge on any atom is 0.322 e. The van der Waals surface area contributed by atoms with Crippen LogP contribution in [-0.4, -0.2) is 18.6 Å². The van der Waals surface area contributed by atoms with Crippen molar-refractivity contribution in [1.82, 2.24) is 0 Å². The first-order valence-electron chi connectivity index (χ1n) is 2.60. The van der Waals surface area contributed by atoms with E-state index < -0.39 is 6.04 Å². The number of nitrogens with two attached hydrogens (primary N) is 1. The Bertz CT molecular complexity index is 85.0. The lowest BCUT2D eigenvalue weighted by Crippen LogP contribution is -2.28. The Morgan fingerprint density at radius 1 is 1.78 bits per heavy atom. The summed E-state index contributed by atoms with van der Waals surface area (Å²) < 4.78 is 4.54. The number of hydrogen-bond acceptors (Lipinski definition) is 3. The number of ether oxygens (including phenoxy) is 1. The summed E-state index contributed by atoms with van der Waals surface area (Å²) in [6, 6.07) is -0.491. The van der Waals surface area contributed by atoms with Gasteiger partial charge in [-0.3, -0.25) is 4.79 Å². The summed E-state index contributed by atoms with van der Waals surface area (Å²) in [6.07, 6.45) is 0. The first kappa shape index (κ1) is 11.7. The van der Waals surface area contributed by atoms with Gasteiger partial charge in [0.05, 0.1) is 6.61 Å². The van der Waals surface area contributed by atoms with Crippen molar-refractivity contribution in [2.75, 3.05) is 6.61 Å². The molecule has 0 aliphatic carbocycles. The molecule has 56 valence electrons. The first-order valence-corrected chi connectivity index (χ1v) is 2.60. The summed E-state index contributed by atoms with van der Waals surface area (Å²) in [4.78, 5) is 10.4. The zero-order chi connectivity index (χ0) is 6.57. The third-order valence-corrected chi connectivity index (χ3v) is 0.658. The van der Waals surface area contributed by atoms with Crippen molar-refractivity contribution in [3.8, 4) is 0 Å². The number of rotatable bonds is 2. The van der Waals surface area contributed by atoms with Crippen molar-refractivity contribution in [1.29, 1.82) is 0 Å². The normalized spacial score (nSPS) is 11.4. The molecule has 0 heterocycles. The molecular formula is C5H12BrNO2. The number of esters is 1. The fraction of sp³-hybridized carbons (Fsp3) is 0.800. The molecule has 0 aliphatic rings. The van der Waals surface area contributed by atoms with Crippen LogP contribution < -0.4 is 5.73 Å². The zero-order valence-electron chi connectivity index (χ0n) is 5.59. The molecule has 0 saturated heterocycles. The molecule has 0 bridgehead atoms. The van der Waals surface area contributed by atoms with E-state index in [0.29, 0.717) is 6.61 Å². The van der Waals surface area contributed by atoms with Gasteiger partial charge in [0.1, 0.15) is 6.04 Å². The summed E-state index contributed by atoms with van der Waals surface area (Å²) in [6.45, 7) is 3.75. The number of carbonyl (C=O) groups is 1. The lowest BCUT2D eigenvalue weighted by atomic mass is 10.4. The third-order valence-electron chi connectivity index (χ3n) is 0.658. The van der Waals surface area contributed by atoms with Crippen molar-refractivity contribution in [2.45, 2.75) is 19.9 Å². The highest BCUT2D eigenvalue weighted by Crippen LogP contribution is 1.80. The van der Waals surface area contributed by atoms with Crippen molar-refractivity contribution < 1.29 is 9.53 Å². The van der Waals surface area contributed by atoms with E-state index in [9.17, 15) is 4.79 Å². The quantitative estimate of drug-likeness (QED) is 0.656. The van der Waals surface area contributed by atoms with Crippen LogP contribution in [-0.2, 0) is 9.53 Å². The van der Waals surface area contributed by atoms with Gasteiger partial charge in [-0.1, -0.05) is 0 Å². The first-order chi connectivity index (χ1) is 3.68. The van der Waals surface area contributed by atoms with Crippen LogP contribution >= 0.6 is 17.0 Å². The summed E-state index contributed by atoms with van der Waals surface area (Å²) in [5.41, 5.74) is 5.15. The maximum absolute atomic E-state index is 10.4. The Hall–Kier alpha value is -0.0900. The van der Waals surface area contributed by atoms with Gasteiger partial charge in [-0.05, 0) is 13.8 Å². The van der Waals surface area contributed by atoms with Gasteiger partial charge in [0.15, 0.2) is 0 Å². The summed E-state index contributed by atoms with van der Waals surface area (Å²) in [5, 5.41) is 0. The van der Waals surface area contributed by atoms with Gasteiger partial charge in [-0.25, -0.2) is 0 Å². The van der Waals surface area contributed by atoms with Crippen LogP contribution in [0.3, 0.4) is 0 Å². The highest BCUT2D eigenvalue weighted by atomic mass is 79.9. The average Bonchev–Trinajstić information content (AvgIpc) is 1.67. The van der Waals surface area contributed by atoms with Gasteiger partial charge in [-0.2, -0.15) is 0 Å². The molecule has 4 heteroatoms. The number of hydrogen-bond donors (Lipinski definition) is 1. The second-order valence-corrected chi connectivity index (χ2v) is 1.54. The minimum Gasteiger partial charge on any atom is -0.465 e. The largest absolute Gasteiger partial charge is 0.465 e. The Morgan fingerprint density at radius 2 is 2.22 bits per heavy atom. The summed E-state index contributed by atoms with van der Waals surface area (Å²) in [7, 11) is 0. The van der Waals surface area contributed by atoms with Crippen LogP contribution in [0.4, 0.5) is 0 Å². The molecule has 1 atom stereocenters. The molecule has 0 fully saturated rings. The Morgan fingerprint density at radius 3 is 2.33 bits per heavy atom. The van der Waals surface area contributed by atoms with Crippen molar-refractivity contribution in [2.24, 2.45) is 5.73 Å². The van der Waals surface area contributed by atoms with Crippen LogP contribution in [0, 0.1) is 0 Å². The van der Waals surface area contributed by atoms with Crippen molar-refractivity contribution in [3.63, 3.8) is 0 Å². The lowest BCUT2D eigenvalue weighted by Gasteiger charge is -2.02.